The van der Waals surface area contributed by atoms with E-state index in [0.717, 1.165) is 16.7 Å². The number of pyridine rings is 1. The molecule has 3 heterocycles. The Hall–Kier alpha value is -3.90. The zero-order chi connectivity index (χ0) is 26.7. The molecular weight excluding hydrogens is 494 g/mol. The van der Waals surface area contributed by atoms with Crippen molar-refractivity contribution in [2.75, 3.05) is 18.9 Å². The molecule has 12 heteroatoms. The lowest BCUT2D eigenvalue weighted by Gasteiger charge is -2.22. The Kier molecular flexibility index (Phi) is 7.50. The third kappa shape index (κ3) is 5.30. The van der Waals surface area contributed by atoms with E-state index in [1.165, 1.54) is 21.1 Å². The molecule has 2 atom stereocenters. The van der Waals surface area contributed by atoms with E-state index in [2.05, 4.69) is 29.9 Å². The molecule has 0 aliphatic heterocycles. The van der Waals surface area contributed by atoms with Crippen LogP contribution in [-0.2, 0) is 14.8 Å². The standard InChI is InChI=1S/C25H29N7O4S/c1-15-13-26-23(27-14-15)22(36-6)18(4)37(33,34)31-25-30-29-24(19-10-8-12-21(28-19)35-5)32(25)20-11-7-9-16(2)17(20)3/h7-14,18,22H,1-6H3,(H,30,31). The lowest BCUT2D eigenvalue weighted by Crippen LogP contribution is -2.33. The molecule has 0 spiro atoms. The highest BCUT2D eigenvalue weighted by Gasteiger charge is 2.34. The van der Waals surface area contributed by atoms with Gasteiger partial charge in [0.15, 0.2) is 11.6 Å². The summed E-state index contributed by atoms with van der Waals surface area (Å²) in [5.74, 6) is 1.02. The first-order chi connectivity index (χ1) is 17.7. The van der Waals surface area contributed by atoms with Crippen LogP contribution in [0.4, 0.5) is 5.95 Å². The van der Waals surface area contributed by atoms with Gasteiger partial charge in [-0.05, 0) is 56.5 Å². The Labute approximate surface area is 216 Å². The van der Waals surface area contributed by atoms with E-state index in [1.54, 1.807) is 35.2 Å². The summed E-state index contributed by atoms with van der Waals surface area (Å²) in [6, 6.07) is 11.0. The van der Waals surface area contributed by atoms with Crippen LogP contribution in [0.15, 0.2) is 48.8 Å². The summed E-state index contributed by atoms with van der Waals surface area (Å²) in [5, 5.41) is 7.45. The predicted molar refractivity (Wildman–Crippen MR) is 139 cm³/mol. The van der Waals surface area contributed by atoms with Crippen molar-refractivity contribution in [2.24, 2.45) is 0 Å². The van der Waals surface area contributed by atoms with Crippen molar-refractivity contribution in [3.63, 3.8) is 0 Å². The van der Waals surface area contributed by atoms with Crippen LogP contribution in [0.3, 0.4) is 0 Å². The number of sulfonamides is 1. The van der Waals surface area contributed by atoms with Crippen LogP contribution in [0.5, 0.6) is 5.88 Å². The summed E-state index contributed by atoms with van der Waals surface area (Å²) >= 11 is 0. The summed E-state index contributed by atoms with van der Waals surface area (Å²) in [6.07, 6.45) is 2.33. The monoisotopic (exact) mass is 523 g/mol. The molecule has 0 saturated heterocycles. The van der Waals surface area contributed by atoms with Crippen molar-refractivity contribution in [2.45, 2.75) is 39.0 Å². The first-order valence-electron chi connectivity index (χ1n) is 11.5. The molecule has 1 aromatic carbocycles. The van der Waals surface area contributed by atoms with Crippen molar-refractivity contribution in [1.82, 2.24) is 29.7 Å². The van der Waals surface area contributed by atoms with Gasteiger partial charge >= 0.3 is 0 Å². The topological polar surface area (TPSA) is 134 Å². The number of nitrogens with one attached hydrogen (secondary N) is 1. The fraction of sp³-hybridized carbons (Fsp3) is 0.320. The molecule has 0 radical (unpaired) electrons. The highest BCUT2D eigenvalue weighted by Crippen LogP contribution is 2.30. The van der Waals surface area contributed by atoms with Gasteiger partial charge in [-0.25, -0.2) is 23.4 Å². The van der Waals surface area contributed by atoms with Crippen LogP contribution in [0.25, 0.3) is 17.2 Å². The fourth-order valence-corrected chi connectivity index (χ4v) is 4.95. The average Bonchev–Trinajstić information content (AvgIpc) is 3.29. The van der Waals surface area contributed by atoms with Gasteiger partial charge < -0.3 is 9.47 Å². The first kappa shape index (κ1) is 26.2. The number of rotatable bonds is 9. The van der Waals surface area contributed by atoms with Crippen molar-refractivity contribution in [3.8, 4) is 23.1 Å². The second-order valence-electron chi connectivity index (χ2n) is 8.59. The molecule has 4 aromatic rings. The Morgan fingerprint density at radius 1 is 0.973 bits per heavy atom. The number of anilines is 1. The minimum atomic E-state index is -4.04. The van der Waals surface area contributed by atoms with Gasteiger partial charge in [-0.15, -0.1) is 10.2 Å². The number of ether oxygens (including phenoxy) is 2. The molecule has 0 aliphatic rings. The zero-order valence-corrected chi connectivity index (χ0v) is 22.3. The highest BCUT2D eigenvalue weighted by atomic mass is 32.2. The van der Waals surface area contributed by atoms with Gasteiger partial charge in [0.2, 0.25) is 21.9 Å². The van der Waals surface area contributed by atoms with Crippen molar-refractivity contribution in [3.05, 3.63) is 71.3 Å². The normalized spacial score (nSPS) is 13.2. The minimum Gasteiger partial charge on any atom is -0.481 e. The largest absolute Gasteiger partial charge is 0.481 e. The number of nitrogens with zero attached hydrogens (tertiary/aromatic N) is 6. The van der Waals surface area contributed by atoms with Crippen molar-refractivity contribution >= 4 is 16.0 Å². The molecule has 0 amide bonds. The molecule has 37 heavy (non-hydrogen) atoms. The molecule has 194 valence electrons. The second kappa shape index (κ2) is 10.6. The van der Waals surface area contributed by atoms with E-state index in [4.69, 9.17) is 9.47 Å². The van der Waals surface area contributed by atoms with Gasteiger partial charge in [-0.1, -0.05) is 18.2 Å². The van der Waals surface area contributed by atoms with Crippen LogP contribution < -0.4 is 9.46 Å². The lowest BCUT2D eigenvalue weighted by molar-refractivity contribution is 0.0949. The van der Waals surface area contributed by atoms with Crippen LogP contribution in [-0.4, -0.2) is 57.6 Å². The Morgan fingerprint density at radius 3 is 2.35 bits per heavy atom. The van der Waals surface area contributed by atoms with E-state index in [9.17, 15) is 8.42 Å². The number of methoxy groups -OCH3 is 2. The van der Waals surface area contributed by atoms with Gasteiger partial charge in [0.1, 0.15) is 17.0 Å². The summed E-state index contributed by atoms with van der Waals surface area (Å²) in [7, 11) is -1.10. The maximum atomic E-state index is 13.6. The van der Waals surface area contributed by atoms with E-state index < -0.39 is 21.4 Å². The van der Waals surface area contributed by atoms with Crippen molar-refractivity contribution < 1.29 is 17.9 Å². The number of hydrogen-bond donors (Lipinski definition) is 1. The number of hydrogen-bond acceptors (Lipinski definition) is 9. The van der Waals surface area contributed by atoms with Crippen LogP contribution >= 0.6 is 0 Å². The highest BCUT2D eigenvalue weighted by molar-refractivity contribution is 7.93. The number of aromatic nitrogens is 6. The smallest absolute Gasteiger partial charge is 0.243 e. The van der Waals surface area contributed by atoms with Gasteiger partial charge in [0, 0.05) is 25.6 Å². The maximum absolute atomic E-state index is 13.6. The Balaban J connectivity index is 1.80. The van der Waals surface area contributed by atoms with Gasteiger partial charge in [0.05, 0.1) is 12.8 Å². The summed E-state index contributed by atoms with van der Waals surface area (Å²) in [4.78, 5) is 13.0. The third-order valence-electron chi connectivity index (χ3n) is 6.10. The third-order valence-corrected chi connectivity index (χ3v) is 7.79. The molecule has 4 rings (SSSR count). The van der Waals surface area contributed by atoms with E-state index in [0.29, 0.717) is 23.1 Å². The number of benzene rings is 1. The summed E-state index contributed by atoms with van der Waals surface area (Å²) < 4.78 is 42.1. The van der Waals surface area contributed by atoms with Crippen molar-refractivity contribution in [1.29, 1.82) is 0 Å². The summed E-state index contributed by atoms with van der Waals surface area (Å²) in [5.41, 5.74) is 3.98. The quantitative estimate of drug-likeness (QED) is 0.349. The second-order valence-corrected chi connectivity index (χ2v) is 10.6. The van der Waals surface area contributed by atoms with E-state index in [-0.39, 0.29) is 11.8 Å². The molecule has 0 bridgehead atoms. The van der Waals surface area contributed by atoms with Gasteiger partial charge in [-0.2, -0.15) is 0 Å². The van der Waals surface area contributed by atoms with Crippen LogP contribution in [0.1, 0.15) is 35.5 Å². The minimum absolute atomic E-state index is 0.0137. The fourth-order valence-electron chi connectivity index (χ4n) is 3.81. The van der Waals surface area contributed by atoms with Gasteiger partial charge in [0.25, 0.3) is 0 Å². The molecular formula is C25H29N7O4S. The van der Waals surface area contributed by atoms with Crippen LogP contribution in [0.2, 0.25) is 0 Å². The molecule has 3 aromatic heterocycles. The SMILES string of the molecule is COc1cccc(-c2nnc(NS(=O)(=O)C(C)C(OC)c3ncc(C)cn3)n2-c2cccc(C)c2C)n1. The van der Waals surface area contributed by atoms with Gasteiger partial charge in [-0.3, -0.25) is 9.29 Å². The maximum Gasteiger partial charge on any atom is 0.243 e. The van der Waals surface area contributed by atoms with E-state index >= 15 is 0 Å². The molecule has 11 nitrogen and oxygen atoms in total. The Bertz CT molecular complexity index is 1500. The molecule has 0 saturated carbocycles. The molecule has 1 N–H and O–H groups in total. The number of aryl methyl sites for hydroxylation is 2. The lowest BCUT2D eigenvalue weighted by atomic mass is 10.1. The first-order valence-corrected chi connectivity index (χ1v) is 13.1. The summed E-state index contributed by atoms with van der Waals surface area (Å²) in [6.45, 7) is 7.30. The molecule has 0 fully saturated rings. The predicted octanol–water partition coefficient (Wildman–Crippen LogP) is 3.57. The molecule has 2 unspecified atom stereocenters. The molecule has 0 aliphatic carbocycles. The average molecular weight is 524 g/mol. The Morgan fingerprint density at radius 2 is 1.68 bits per heavy atom. The van der Waals surface area contributed by atoms with E-state index in [1.807, 2.05) is 39.0 Å². The zero-order valence-electron chi connectivity index (χ0n) is 21.5. The van der Waals surface area contributed by atoms with Crippen LogP contribution in [0, 0.1) is 20.8 Å².